The fourth-order valence-electron chi connectivity index (χ4n) is 6.12. The molecule has 0 spiro atoms. The smallest absolute Gasteiger partial charge is 0.364 e. The van der Waals surface area contributed by atoms with Crippen molar-refractivity contribution in [3.8, 4) is 0 Å². The number of carbonyl (C=O) groups is 2. The zero-order chi connectivity index (χ0) is 28.0. The van der Waals surface area contributed by atoms with E-state index in [0.29, 0.717) is 34.2 Å². The van der Waals surface area contributed by atoms with E-state index >= 15 is 0 Å². The van der Waals surface area contributed by atoms with Crippen molar-refractivity contribution in [2.45, 2.75) is 76.4 Å². The van der Waals surface area contributed by atoms with Gasteiger partial charge >= 0.3 is 6.18 Å². The summed E-state index contributed by atoms with van der Waals surface area (Å²) in [5.74, 6) is -1.90. The Morgan fingerprint density at radius 1 is 1.20 bits per heavy atom. The Morgan fingerprint density at radius 2 is 1.98 bits per heavy atom. The monoisotopic (exact) mass is 558 g/mol. The van der Waals surface area contributed by atoms with Gasteiger partial charge in [0.15, 0.2) is 5.65 Å². The Bertz CT molecular complexity index is 1390. The van der Waals surface area contributed by atoms with E-state index in [-0.39, 0.29) is 49.1 Å². The zero-order valence-electron chi connectivity index (χ0n) is 22.3. The largest absolute Gasteiger partial charge is 0.393 e. The van der Waals surface area contributed by atoms with Crippen LogP contribution in [-0.4, -0.2) is 44.3 Å². The van der Waals surface area contributed by atoms with Gasteiger partial charge in [0.05, 0.1) is 35.2 Å². The summed E-state index contributed by atoms with van der Waals surface area (Å²) in [4.78, 5) is 30.5. The number of halogens is 3. The summed E-state index contributed by atoms with van der Waals surface area (Å²) in [6.45, 7) is 1.85. The molecule has 4 heterocycles. The number of nitrogens with one attached hydrogen (secondary N) is 2. The second-order valence-corrected chi connectivity index (χ2v) is 11.8. The number of hydrogen-bond acceptors (Lipinski definition) is 6. The first-order valence-corrected chi connectivity index (χ1v) is 14.1. The molecule has 3 aromatic rings. The highest BCUT2D eigenvalue weighted by Gasteiger charge is 2.44. The second kappa shape index (κ2) is 10.5. The van der Waals surface area contributed by atoms with Crippen LogP contribution in [0, 0.1) is 23.7 Å². The maximum atomic E-state index is 13.4. The highest BCUT2D eigenvalue weighted by molar-refractivity contribution is 5.95. The maximum absolute atomic E-state index is 13.4. The summed E-state index contributed by atoms with van der Waals surface area (Å²) in [6, 6.07) is 3.11. The van der Waals surface area contributed by atoms with Crippen molar-refractivity contribution in [3.05, 3.63) is 47.2 Å². The predicted molar refractivity (Wildman–Crippen MR) is 137 cm³/mol. The first-order valence-electron chi connectivity index (χ1n) is 14.1. The Labute approximate surface area is 229 Å². The van der Waals surface area contributed by atoms with Crippen molar-refractivity contribution in [1.29, 1.82) is 0 Å². The summed E-state index contributed by atoms with van der Waals surface area (Å²) in [5, 5.41) is 14.2. The van der Waals surface area contributed by atoms with Gasteiger partial charge in [0.1, 0.15) is 11.8 Å². The quantitative estimate of drug-likeness (QED) is 0.433. The Balaban J connectivity index is 1.24. The number of nitrogens with zero attached hydrogens (tertiary/aromatic N) is 4. The third-order valence-corrected chi connectivity index (χ3v) is 8.72. The van der Waals surface area contributed by atoms with E-state index in [1.54, 1.807) is 22.8 Å². The van der Waals surface area contributed by atoms with E-state index in [1.807, 2.05) is 0 Å². The molecule has 3 aliphatic rings. The molecule has 1 saturated heterocycles. The van der Waals surface area contributed by atoms with Gasteiger partial charge in [-0.15, -0.1) is 0 Å². The molecule has 2 aliphatic carbocycles. The van der Waals surface area contributed by atoms with Crippen molar-refractivity contribution in [1.82, 2.24) is 30.4 Å². The summed E-state index contributed by atoms with van der Waals surface area (Å²) >= 11 is 0. The molecule has 1 unspecified atom stereocenters. The third kappa shape index (κ3) is 5.57. The third-order valence-electron chi connectivity index (χ3n) is 8.72. The molecule has 6 rings (SSSR count). The molecule has 3 fully saturated rings. The molecule has 1 aliphatic heterocycles. The summed E-state index contributed by atoms with van der Waals surface area (Å²) in [6.07, 6.45) is 4.69. The van der Waals surface area contributed by atoms with Crippen LogP contribution in [0.5, 0.6) is 0 Å². The van der Waals surface area contributed by atoms with Gasteiger partial charge in [-0.2, -0.15) is 18.3 Å². The molecule has 0 bridgehead atoms. The fraction of sp³-hybridized carbons (Fsp3) is 0.607. The maximum Gasteiger partial charge on any atom is 0.393 e. The number of amides is 2. The Hall–Kier alpha value is -3.44. The molecule has 2 N–H and O–H groups in total. The van der Waals surface area contributed by atoms with Gasteiger partial charge in [-0.25, -0.2) is 9.50 Å². The number of fused-ring (bicyclic) bond motifs is 1. The van der Waals surface area contributed by atoms with E-state index in [0.717, 1.165) is 38.5 Å². The number of hydrogen-bond donors (Lipinski definition) is 2. The van der Waals surface area contributed by atoms with Gasteiger partial charge in [-0.1, -0.05) is 24.9 Å². The van der Waals surface area contributed by atoms with E-state index in [1.165, 1.54) is 6.26 Å². The van der Waals surface area contributed by atoms with Crippen LogP contribution in [0.4, 0.5) is 13.2 Å². The van der Waals surface area contributed by atoms with Gasteiger partial charge in [0.2, 0.25) is 5.91 Å². The first-order chi connectivity index (χ1) is 19.2. The average Bonchev–Trinajstić information content (AvgIpc) is 3.48. The molecule has 3 atom stereocenters. The normalized spacial score (nSPS) is 26.4. The average molecular weight is 559 g/mol. The number of carbonyl (C=O) groups excluding carboxylic acids is 2. The minimum Gasteiger partial charge on any atom is -0.364 e. The number of alkyl halides is 3. The lowest BCUT2D eigenvalue weighted by atomic mass is 9.78. The minimum atomic E-state index is -4.36. The van der Waals surface area contributed by atoms with Crippen molar-refractivity contribution in [3.63, 3.8) is 0 Å². The summed E-state index contributed by atoms with van der Waals surface area (Å²) in [5.41, 5.74) is 2.91. The van der Waals surface area contributed by atoms with Crippen molar-refractivity contribution >= 4 is 17.5 Å². The van der Waals surface area contributed by atoms with Crippen molar-refractivity contribution in [2.75, 3.05) is 6.54 Å². The van der Waals surface area contributed by atoms with E-state index in [2.05, 4.69) is 27.8 Å². The zero-order valence-corrected chi connectivity index (χ0v) is 22.3. The van der Waals surface area contributed by atoms with E-state index in [9.17, 15) is 22.8 Å². The topological polar surface area (TPSA) is 114 Å². The van der Waals surface area contributed by atoms with Crippen LogP contribution in [0.1, 0.15) is 91.3 Å². The lowest BCUT2D eigenvalue weighted by Crippen LogP contribution is -2.47. The minimum absolute atomic E-state index is 0.0972. The van der Waals surface area contributed by atoms with Crippen LogP contribution in [0.15, 0.2) is 29.1 Å². The second-order valence-electron chi connectivity index (χ2n) is 11.8. The molecular formula is C28H33F3N6O3. The lowest BCUT2D eigenvalue weighted by Gasteiger charge is -2.32. The van der Waals surface area contributed by atoms with Crippen molar-refractivity contribution < 1.29 is 27.3 Å². The standard InChI is InChI=1S/C28H33F3N6O3/c1-15-2-4-17(5-3-15)25(34-27(39)21-14-40-36-24(21)16-6-7-16)22-13-37-23(33-22)9-8-20(35-37)11-18-10-19(28(29,30)31)12-32-26(18)38/h8-9,13-19,25H,2-7,10-12H2,1H3,(H,32,38)(H,34,39)/t15?,17?,18?,19-,25+/m1/s1. The molecule has 12 heteroatoms. The number of aromatic nitrogens is 4. The van der Waals surface area contributed by atoms with Crippen LogP contribution in [0.25, 0.3) is 5.65 Å². The molecule has 2 saturated carbocycles. The summed E-state index contributed by atoms with van der Waals surface area (Å²) in [7, 11) is 0. The van der Waals surface area contributed by atoms with Crippen LogP contribution < -0.4 is 10.6 Å². The van der Waals surface area contributed by atoms with Crippen LogP contribution in [0.3, 0.4) is 0 Å². The number of rotatable bonds is 7. The van der Waals surface area contributed by atoms with Crippen LogP contribution in [-0.2, 0) is 11.2 Å². The molecule has 0 radical (unpaired) electrons. The predicted octanol–water partition coefficient (Wildman–Crippen LogP) is 4.75. The fourth-order valence-corrected chi connectivity index (χ4v) is 6.12. The summed E-state index contributed by atoms with van der Waals surface area (Å²) < 4.78 is 46.5. The van der Waals surface area contributed by atoms with Gasteiger partial charge in [0, 0.05) is 24.8 Å². The first kappa shape index (κ1) is 26.8. The number of imidazole rings is 1. The Morgan fingerprint density at radius 3 is 2.70 bits per heavy atom. The molecule has 2 amide bonds. The Kier molecular flexibility index (Phi) is 7.03. The number of piperidine rings is 1. The van der Waals surface area contributed by atoms with E-state index in [4.69, 9.17) is 9.51 Å². The van der Waals surface area contributed by atoms with Gasteiger partial charge in [-0.3, -0.25) is 9.59 Å². The molecular weight excluding hydrogens is 525 g/mol. The molecule has 40 heavy (non-hydrogen) atoms. The van der Waals surface area contributed by atoms with Gasteiger partial charge in [0.25, 0.3) is 5.91 Å². The van der Waals surface area contributed by atoms with Crippen LogP contribution >= 0.6 is 0 Å². The van der Waals surface area contributed by atoms with Gasteiger partial charge in [-0.05, 0) is 56.1 Å². The molecule has 9 nitrogen and oxygen atoms in total. The highest BCUT2D eigenvalue weighted by Crippen LogP contribution is 2.41. The van der Waals surface area contributed by atoms with Gasteiger partial charge < -0.3 is 15.2 Å². The lowest BCUT2D eigenvalue weighted by molar-refractivity contribution is -0.183. The molecule has 3 aromatic heterocycles. The SMILES string of the molecule is CC1CCC([C@H](NC(=O)c2conc2C2CC2)c2cn3nc(CC4C[C@@H](C(F)(F)F)CNC4=O)ccc3n2)CC1. The van der Waals surface area contributed by atoms with Crippen LogP contribution in [0.2, 0.25) is 0 Å². The van der Waals surface area contributed by atoms with Crippen molar-refractivity contribution in [2.24, 2.45) is 23.7 Å². The van der Waals surface area contributed by atoms with E-state index < -0.39 is 18.0 Å². The molecule has 214 valence electrons. The highest BCUT2D eigenvalue weighted by atomic mass is 19.4. The molecule has 0 aromatic carbocycles.